The highest BCUT2D eigenvalue weighted by atomic mass is 35.5. The fourth-order valence-corrected chi connectivity index (χ4v) is 2.94. The molecule has 0 fully saturated rings. The van der Waals surface area contributed by atoms with E-state index in [9.17, 15) is 9.59 Å². The van der Waals surface area contributed by atoms with Crippen LogP contribution >= 0.6 is 11.6 Å². The zero-order valence-corrected chi connectivity index (χ0v) is 17.7. The SMILES string of the molecule is CCCNC(=O)[C@H](C)N(Cc1ccccc1Cl)C(=O)COc1ccccc1OC. The van der Waals surface area contributed by atoms with Crippen molar-refractivity contribution in [3.63, 3.8) is 0 Å². The number of nitrogens with zero attached hydrogens (tertiary/aromatic N) is 1. The van der Waals surface area contributed by atoms with Crippen LogP contribution in [0.4, 0.5) is 0 Å². The first-order valence-electron chi connectivity index (χ1n) is 9.54. The monoisotopic (exact) mass is 418 g/mol. The van der Waals surface area contributed by atoms with Crippen molar-refractivity contribution < 1.29 is 19.1 Å². The Hall–Kier alpha value is -2.73. The van der Waals surface area contributed by atoms with Gasteiger partial charge in [0.25, 0.3) is 5.91 Å². The standard InChI is InChI=1S/C22H27ClN2O4/c1-4-13-24-22(27)16(2)25(14-17-9-5-6-10-18(17)23)21(26)15-29-20-12-8-7-11-19(20)28-3/h5-12,16H,4,13-15H2,1-3H3,(H,24,27)/t16-/m0/s1. The molecular weight excluding hydrogens is 392 g/mol. The maximum atomic E-state index is 13.0. The number of hydrogen-bond acceptors (Lipinski definition) is 4. The number of halogens is 1. The smallest absolute Gasteiger partial charge is 0.261 e. The highest BCUT2D eigenvalue weighted by Gasteiger charge is 2.27. The molecule has 0 bridgehead atoms. The normalized spacial score (nSPS) is 11.4. The molecular formula is C22H27ClN2O4. The summed E-state index contributed by atoms with van der Waals surface area (Å²) < 4.78 is 10.9. The van der Waals surface area contributed by atoms with Gasteiger partial charge >= 0.3 is 0 Å². The summed E-state index contributed by atoms with van der Waals surface area (Å²) in [5.74, 6) is 0.454. The van der Waals surface area contributed by atoms with E-state index in [1.807, 2.05) is 31.2 Å². The van der Waals surface area contributed by atoms with Gasteiger partial charge in [0.05, 0.1) is 7.11 Å². The van der Waals surface area contributed by atoms with Gasteiger partial charge in [-0.05, 0) is 37.1 Å². The third-order valence-corrected chi connectivity index (χ3v) is 4.80. The average Bonchev–Trinajstić information content (AvgIpc) is 2.74. The van der Waals surface area contributed by atoms with Crippen molar-refractivity contribution in [3.05, 3.63) is 59.1 Å². The van der Waals surface area contributed by atoms with Crippen LogP contribution in [0.25, 0.3) is 0 Å². The number of hydrogen-bond donors (Lipinski definition) is 1. The molecule has 6 nitrogen and oxygen atoms in total. The molecule has 156 valence electrons. The second-order valence-corrected chi connectivity index (χ2v) is 6.93. The van der Waals surface area contributed by atoms with Gasteiger partial charge in [0, 0.05) is 18.1 Å². The van der Waals surface area contributed by atoms with Crippen molar-refractivity contribution in [1.29, 1.82) is 0 Å². The predicted molar refractivity (Wildman–Crippen MR) is 113 cm³/mol. The predicted octanol–water partition coefficient (Wildman–Crippen LogP) is 3.67. The number of rotatable bonds is 10. The van der Waals surface area contributed by atoms with Gasteiger partial charge in [-0.2, -0.15) is 0 Å². The first kappa shape index (κ1) is 22.6. The molecule has 7 heteroatoms. The zero-order valence-electron chi connectivity index (χ0n) is 17.0. The molecule has 0 saturated carbocycles. The molecule has 2 aromatic carbocycles. The number of carbonyl (C=O) groups is 2. The average molecular weight is 419 g/mol. The molecule has 1 atom stereocenters. The van der Waals surface area contributed by atoms with Crippen LogP contribution in [0.1, 0.15) is 25.8 Å². The Kier molecular flexibility index (Phi) is 8.80. The lowest BCUT2D eigenvalue weighted by Gasteiger charge is -2.29. The molecule has 0 radical (unpaired) electrons. The van der Waals surface area contributed by atoms with E-state index < -0.39 is 6.04 Å². The van der Waals surface area contributed by atoms with Crippen LogP contribution in [0.2, 0.25) is 5.02 Å². The molecule has 2 aromatic rings. The van der Waals surface area contributed by atoms with Crippen LogP contribution in [0, 0.1) is 0 Å². The number of ether oxygens (including phenoxy) is 2. The maximum absolute atomic E-state index is 13.0. The number of amides is 2. The van der Waals surface area contributed by atoms with Crippen molar-refractivity contribution in [2.24, 2.45) is 0 Å². The third-order valence-electron chi connectivity index (χ3n) is 4.44. The Morgan fingerprint density at radius 2 is 1.76 bits per heavy atom. The van der Waals surface area contributed by atoms with Crippen LogP contribution < -0.4 is 14.8 Å². The number of para-hydroxylation sites is 2. The third kappa shape index (κ3) is 6.39. The second-order valence-electron chi connectivity index (χ2n) is 6.52. The zero-order chi connectivity index (χ0) is 21.2. The second kappa shape index (κ2) is 11.3. The molecule has 2 rings (SSSR count). The molecule has 0 saturated heterocycles. The summed E-state index contributed by atoms with van der Waals surface area (Å²) in [5, 5.41) is 3.37. The molecule has 1 N–H and O–H groups in total. The summed E-state index contributed by atoms with van der Waals surface area (Å²) in [5.41, 5.74) is 0.759. The minimum absolute atomic E-state index is 0.203. The van der Waals surface area contributed by atoms with E-state index in [2.05, 4.69) is 5.32 Å². The highest BCUT2D eigenvalue weighted by Crippen LogP contribution is 2.26. The van der Waals surface area contributed by atoms with Crippen LogP contribution in [-0.4, -0.2) is 43.0 Å². The van der Waals surface area contributed by atoms with Crippen molar-refractivity contribution in [3.8, 4) is 11.5 Å². The van der Waals surface area contributed by atoms with Gasteiger partial charge in [-0.25, -0.2) is 0 Å². The lowest BCUT2D eigenvalue weighted by Crippen LogP contribution is -2.49. The fraction of sp³-hybridized carbons (Fsp3) is 0.364. The van der Waals surface area contributed by atoms with Gasteiger partial charge in [-0.1, -0.05) is 48.9 Å². The van der Waals surface area contributed by atoms with Crippen molar-refractivity contribution in [2.45, 2.75) is 32.9 Å². The summed E-state index contributed by atoms with van der Waals surface area (Å²) in [7, 11) is 1.54. The largest absolute Gasteiger partial charge is 0.493 e. The highest BCUT2D eigenvalue weighted by molar-refractivity contribution is 6.31. The molecule has 29 heavy (non-hydrogen) atoms. The molecule has 0 unspecified atom stereocenters. The molecule has 0 aliphatic carbocycles. The van der Waals surface area contributed by atoms with Crippen molar-refractivity contribution in [2.75, 3.05) is 20.3 Å². The van der Waals surface area contributed by atoms with Crippen LogP contribution in [0.15, 0.2) is 48.5 Å². The van der Waals surface area contributed by atoms with Gasteiger partial charge < -0.3 is 19.7 Å². The van der Waals surface area contributed by atoms with Crippen molar-refractivity contribution >= 4 is 23.4 Å². The summed E-state index contributed by atoms with van der Waals surface area (Å²) in [6.45, 7) is 4.20. The topological polar surface area (TPSA) is 67.9 Å². The molecule has 0 aliphatic heterocycles. The number of benzene rings is 2. The lowest BCUT2D eigenvalue weighted by atomic mass is 10.1. The van der Waals surface area contributed by atoms with E-state index in [0.717, 1.165) is 12.0 Å². The summed E-state index contributed by atoms with van der Waals surface area (Å²) in [4.78, 5) is 27.0. The number of nitrogens with one attached hydrogen (secondary N) is 1. The molecule has 0 heterocycles. The first-order valence-corrected chi connectivity index (χ1v) is 9.92. The van der Waals surface area contributed by atoms with E-state index in [0.29, 0.717) is 23.1 Å². The minimum atomic E-state index is -0.674. The lowest BCUT2D eigenvalue weighted by molar-refractivity contribution is -0.142. The van der Waals surface area contributed by atoms with Gasteiger partial charge in [0.1, 0.15) is 6.04 Å². The van der Waals surface area contributed by atoms with E-state index in [1.54, 1.807) is 31.2 Å². The Bertz CT molecular complexity index is 828. The van der Waals surface area contributed by atoms with Crippen LogP contribution in [0.5, 0.6) is 11.5 Å². The Labute approximate surface area is 176 Å². The Morgan fingerprint density at radius 1 is 1.10 bits per heavy atom. The summed E-state index contributed by atoms with van der Waals surface area (Å²) in [6.07, 6.45) is 0.813. The van der Waals surface area contributed by atoms with Gasteiger partial charge in [-0.15, -0.1) is 0 Å². The number of methoxy groups -OCH3 is 1. The van der Waals surface area contributed by atoms with Crippen LogP contribution in [0.3, 0.4) is 0 Å². The quantitative estimate of drug-likeness (QED) is 0.639. The number of carbonyl (C=O) groups excluding carboxylic acids is 2. The van der Waals surface area contributed by atoms with E-state index in [1.165, 1.54) is 12.0 Å². The molecule has 0 aromatic heterocycles. The molecule has 0 spiro atoms. The maximum Gasteiger partial charge on any atom is 0.261 e. The minimum Gasteiger partial charge on any atom is -0.493 e. The van der Waals surface area contributed by atoms with E-state index >= 15 is 0 Å². The Morgan fingerprint density at radius 3 is 2.41 bits per heavy atom. The van der Waals surface area contributed by atoms with E-state index in [4.69, 9.17) is 21.1 Å². The summed E-state index contributed by atoms with van der Waals surface area (Å²) in [6, 6.07) is 13.7. The first-order chi connectivity index (χ1) is 14.0. The summed E-state index contributed by atoms with van der Waals surface area (Å²) >= 11 is 6.27. The van der Waals surface area contributed by atoms with Crippen molar-refractivity contribution in [1.82, 2.24) is 10.2 Å². The fourth-order valence-electron chi connectivity index (χ4n) is 2.75. The Balaban J connectivity index is 2.17. The van der Waals surface area contributed by atoms with Crippen LogP contribution in [-0.2, 0) is 16.1 Å². The van der Waals surface area contributed by atoms with Gasteiger partial charge in [0.2, 0.25) is 5.91 Å². The van der Waals surface area contributed by atoms with E-state index in [-0.39, 0.29) is 25.0 Å². The van der Waals surface area contributed by atoms with Gasteiger partial charge in [-0.3, -0.25) is 9.59 Å². The molecule has 2 amide bonds. The van der Waals surface area contributed by atoms with Gasteiger partial charge in [0.15, 0.2) is 18.1 Å². The molecule has 0 aliphatic rings.